The molecule has 0 radical (unpaired) electrons. The smallest absolute Gasteiger partial charge is 0.360 e. The average Bonchev–Trinajstić information content (AvgIpc) is 3.06. The van der Waals surface area contributed by atoms with Crippen LogP contribution in [-0.2, 0) is 11.3 Å². The highest BCUT2D eigenvalue weighted by molar-refractivity contribution is 6.30. The van der Waals surface area contributed by atoms with E-state index in [1.807, 2.05) is 0 Å². The van der Waals surface area contributed by atoms with Gasteiger partial charge in [-0.05, 0) is 36.6 Å². The lowest BCUT2D eigenvalue weighted by Crippen LogP contribution is -2.32. The molecule has 0 saturated carbocycles. The molecule has 0 atom stereocenters. The lowest BCUT2D eigenvalue weighted by Gasteiger charge is -2.22. The summed E-state index contributed by atoms with van der Waals surface area (Å²) in [5, 5.41) is 0.570. The molecule has 1 amide bonds. The predicted octanol–water partition coefficient (Wildman–Crippen LogP) is 3.80. The summed E-state index contributed by atoms with van der Waals surface area (Å²) in [7, 11) is 1.27. The van der Waals surface area contributed by atoms with Gasteiger partial charge < -0.3 is 14.1 Å². The van der Waals surface area contributed by atoms with Crippen LogP contribution in [0.2, 0.25) is 5.02 Å². The van der Waals surface area contributed by atoms with Crippen LogP contribution in [0, 0.1) is 5.92 Å². The van der Waals surface area contributed by atoms with Crippen LogP contribution in [0.5, 0.6) is 0 Å². The Hall–Kier alpha value is -2.34. The first-order valence-electron chi connectivity index (χ1n) is 7.98. The highest BCUT2D eigenvalue weighted by Gasteiger charge is 2.20. The van der Waals surface area contributed by atoms with Gasteiger partial charge in [-0.15, -0.1) is 0 Å². The SMILES string of the molecule is COC(=O)c1coc(CN(CCC(C)C)C(=O)c2ccc(Cl)cc2)n1. The van der Waals surface area contributed by atoms with Crippen LogP contribution in [0.4, 0.5) is 0 Å². The first kappa shape index (κ1) is 19.0. The lowest BCUT2D eigenvalue weighted by molar-refractivity contribution is 0.0594. The number of nitrogens with zero attached hydrogens (tertiary/aromatic N) is 2. The van der Waals surface area contributed by atoms with E-state index in [2.05, 4.69) is 23.6 Å². The first-order valence-corrected chi connectivity index (χ1v) is 8.36. The summed E-state index contributed by atoms with van der Waals surface area (Å²) in [6.07, 6.45) is 2.07. The van der Waals surface area contributed by atoms with Gasteiger partial charge >= 0.3 is 5.97 Å². The maximum absolute atomic E-state index is 12.8. The van der Waals surface area contributed by atoms with Crippen LogP contribution >= 0.6 is 11.6 Å². The van der Waals surface area contributed by atoms with Crippen molar-refractivity contribution in [2.75, 3.05) is 13.7 Å². The summed E-state index contributed by atoms with van der Waals surface area (Å²) >= 11 is 5.88. The van der Waals surface area contributed by atoms with E-state index in [1.54, 1.807) is 29.2 Å². The number of benzene rings is 1. The van der Waals surface area contributed by atoms with Crippen LogP contribution in [-0.4, -0.2) is 35.4 Å². The number of ether oxygens (including phenoxy) is 1. The van der Waals surface area contributed by atoms with E-state index in [1.165, 1.54) is 13.4 Å². The molecule has 0 aliphatic heterocycles. The number of hydrogen-bond acceptors (Lipinski definition) is 5. The summed E-state index contributed by atoms with van der Waals surface area (Å²) in [5.41, 5.74) is 0.619. The summed E-state index contributed by atoms with van der Waals surface area (Å²) < 4.78 is 9.91. The third-order valence-electron chi connectivity index (χ3n) is 3.63. The van der Waals surface area contributed by atoms with E-state index in [9.17, 15) is 9.59 Å². The molecule has 0 aliphatic rings. The van der Waals surface area contributed by atoms with E-state index < -0.39 is 5.97 Å². The Bertz CT molecular complexity index is 725. The van der Waals surface area contributed by atoms with E-state index >= 15 is 0 Å². The molecule has 1 aromatic heterocycles. The number of halogens is 1. The summed E-state index contributed by atoms with van der Waals surface area (Å²) in [6.45, 7) is 4.90. The molecule has 1 aromatic carbocycles. The fourth-order valence-electron chi connectivity index (χ4n) is 2.19. The third kappa shape index (κ3) is 5.32. The minimum Gasteiger partial charge on any atom is -0.464 e. The Morgan fingerprint density at radius 1 is 1.28 bits per heavy atom. The fraction of sp³-hybridized carbons (Fsp3) is 0.389. The predicted molar refractivity (Wildman–Crippen MR) is 93.5 cm³/mol. The van der Waals surface area contributed by atoms with Gasteiger partial charge in [-0.3, -0.25) is 4.79 Å². The van der Waals surface area contributed by atoms with Crippen LogP contribution in [0.25, 0.3) is 0 Å². The largest absolute Gasteiger partial charge is 0.464 e. The zero-order valence-corrected chi connectivity index (χ0v) is 15.2. The molecular weight excluding hydrogens is 344 g/mol. The Morgan fingerprint density at radius 3 is 2.56 bits per heavy atom. The molecule has 0 fully saturated rings. The van der Waals surface area contributed by atoms with Crippen molar-refractivity contribution < 1.29 is 18.7 Å². The van der Waals surface area contributed by atoms with E-state index in [0.29, 0.717) is 23.0 Å². The molecule has 1 heterocycles. The maximum atomic E-state index is 12.8. The van der Waals surface area contributed by atoms with Crippen molar-refractivity contribution in [3.63, 3.8) is 0 Å². The number of esters is 1. The molecule has 2 rings (SSSR count). The van der Waals surface area contributed by atoms with Gasteiger partial charge in [-0.1, -0.05) is 25.4 Å². The van der Waals surface area contributed by atoms with Crippen LogP contribution in [0.15, 0.2) is 34.9 Å². The van der Waals surface area contributed by atoms with Gasteiger partial charge in [0.25, 0.3) is 5.91 Å². The monoisotopic (exact) mass is 364 g/mol. The van der Waals surface area contributed by atoms with Gasteiger partial charge in [0.2, 0.25) is 5.89 Å². The molecule has 0 bridgehead atoms. The molecule has 6 nitrogen and oxygen atoms in total. The van der Waals surface area contributed by atoms with Crippen molar-refractivity contribution >= 4 is 23.5 Å². The summed E-state index contributed by atoms with van der Waals surface area (Å²) in [6, 6.07) is 6.72. The zero-order valence-electron chi connectivity index (χ0n) is 14.5. The summed E-state index contributed by atoms with van der Waals surface area (Å²) in [5.74, 6) is 0.00470. The summed E-state index contributed by atoms with van der Waals surface area (Å²) in [4.78, 5) is 30.0. The lowest BCUT2D eigenvalue weighted by atomic mass is 10.1. The number of amides is 1. The van der Waals surface area contributed by atoms with Crippen molar-refractivity contribution in [3.8, 4) is 0 Å². The molecule has 0 saturated heterocycles. The Balaban J connectivity index is 2.17. The fourth-order valence-corrected chi connectivity index (χ4v) is 2.31. The molecule has 0 N–H and O–H groups in total. The number of aromatic nitrogens is 1. The number of rotatable bonds is 7. The first-order chi connectivity index (χ1) is 11.9. The second kappa shape index (κ2) is 8.67. The quantitative estimate of drug-likeness (QED) is 0.698. The molecule has 0 aliphatic carbocycles. The van der Waals surface area contributed by atoms with E-state index in [0.717, 1.165) is 6.42 Å². The van der Waals surface area contributed by atoms with E-state index in [4.69, 9.17) is 16.0 Å². The van der Waals surface area contributed by atoms with Gasteiger partial charge in [0.05, 0.1) is 13.7 Å². The van der Waals surface area contributed by atoms with Crippen molar-refractivity contribution in [3.05, 3.63) is 52.7 Å². The minimum absolute atomic E-state index is 0.0836. The van der Waals surface area contributed by atoms with Crippen molar-refractivity contribution in [1.29, 1.82) is 0 Å². The molecule has 25 heavy (non-hydrogen) atoms. The zero-order chi connectivity index (χ0) is 18.4. The Labute approximate surface area is 151 Å². The normalized spacial score (nSPS) is 10.8. The molecule has 2 aromatic rings. The molecular formula is C18H21ClN2O4. The maximum Gasteiger partial charge on any atom is 0.360 e. The van der Waals surface area contributed by atoms with Gasteiger partial charge in [0.1, 0.15) is 6.26 Å². The van der Waals surface area contributed by atoms with Gasteiger partial charge in [0, 0.05) is 17.1 Å². The van der Waals surface area contributed by atoms with Crippen molar-refractivity contribution in [2.45, 2.75) is 26.8 Å². The van der Waals surface area contributed by atoms with Gasteiger partial charge in [-0.25, -0.2) is 9.78 Å². The van der Waals surface area contributed by atoms with Crippen LogP contribution < -0.4 is 0 Å². The number of hydrogen-bond donors (Lipinski definition) is 0. The number of oxazole rings is 1. The van der Waals surface area contributed by atoms with Crippen molar-refractivity contribution in [2.24, 2.45) is 5.92 Å². The molecule has 0 spiro atoms. The molecule has 0 unspecified atom stereocenters. The molecule has 134 valence electrons. The highest BCUT2D eigenvalue weighted by Crippen LogP contribution is 2.15. The van der Waals surface area contributed by atoms with Gasteiger partial charge in [-0.2, -0.15) is 0 Å². The minimum atomic E-state index is -0.576. The second-order valence-electron chi connectivity index (χ2n) is 6.03. The number of methoxy groups -OCH3 is 1. The third-order valence-corrected chi connectivity index (χ3v) is 3.88. The van der Waals surface area contributed by atoms with Crippen LogP contribution in [0.1, 0.15) is 47.0 Å². The Morgan fingerprint density at radius 2 is 1.96 bits per heavy atom. The topological polar surface area (TPSA) is 72.6 Å². The van der Waals surface area contributed by atoms with Crippen LogP contribution in [0.3, 0.4) is 0 Å². The van der Waals surface area contributed by atoms with E-state index in [-0.39, 0.29) is 24.0 Å². The second-order valence-corrected chi connectivity index (χ2v) is 6.47. The average molecular weight is 365 g/mol. The van der Waals surface area contributed by atoms with Gasteiger partial charge in [0.15, 0.2) is 5.69 Å². The Kier molecular flexibility index (Phi) is 6.58. The number of carbonyl (C=O) groups excluding carboxylic acids is 2. The molecule has 7 heteroatoms. The highest BCUT2D eigenvalue weighted by atomic mass is 35.5. The number of carbonyl (C=O) groups is 2. The standard InChI is InChI=1S/C18H21ClN2O4/c1-12(2)8-9-21(17(22)13-4-6-14(19)7-5-13)10-16-20-15(11-25-16)18(23)24-3/h4-7,11-12H,8-10H2,1-3H3. The van der Waals surface area contributed by atoms with Crippen molar-refractivity contribution in [1.82, 2.24) is 9.88 Å².